The smallest absolute Gasteiger partial charge is 0.316 e. The number of nitrogen functional groups attached to an aromatic ring is 1. The van der Waals surface area contributed by atoms with Crippen LogP contribution in [0.1, 0.15) is 12.8 Å². The van der Waals surface area contributed by atoms with Crippen LogP contribution in [0.2, 0.25) is 0 Å². The number of hydrogen-bond acceptors (Lipinski definition) is 5. The largest absolute Gasteiger partial charge is 0.462 e. The highest BCUT2D eigenvalue weighted by Gasteiger charge is 2.43. The van der Waals surface area contributed by atoms with E-state index in [-0.39, 0.29) is 5.41 Å². The van der Waals surface area contributed by atoms with Crippen LogP contribution in [-0.4, -0.2) is 22.9 Å². The second-order valence-electron chi connectivity index (χ2n) is 5.15. The molecule has 1 aromatic heterocycles. The molecule has 0 bridgehead atoms. The van der Waals surface area contributed by atoms with E-state index in [0.29, 0.717) is 12.6 Å². The van der Waals surface area contributed by atoms with Gasteiger partial charge in [-0.15, -0.1) is 0 Å². The maximum atomic E-state index is 10.8. The normalized spacial score (nSPS) is 15.6. The number of nitrogens with two attached hydrogens (primary N) is 1. The summed E-state index contributed by atoms with van der Waals surface area (Å²) in [5.74, 6) is 0. The summed E-state index contributed by atoms with van der Waals surface area (Å²) in [4.78, 5) is 19.2. The van der Waals surface area contributed by atoms with Crippen molar-refractivity contribution in [2.24, 2.45) is 5.41 Å². The van der Waals surface area contributed by atoms with Crippen molar-refractivity contribution in [1.82, 2.24) is 9.97 Å². The van der Waals surface area contributed by atoms with Crippen LogP contribution in [-0.2, 0) is 4.79 Å². The SMILES string of the molecule is Nc1ccc(-c2cnc(OCC3(C=O)CC3)nc2)cc1. The fraction of sp³-hybridized carbons (Fsp3) is 0.267. The number of carbonyl (C=O) groups is 1. The first kappa shape index (κ1) is 12.6. The number of aromatic nitrogens is 2. The van der Waals surface area contributed by atoms with Crippen LogP contribution in [0.25, 0.3) is 11.1 Å². The van der Waals surface area contributed by atoms with Crippen molar-refractivity contribution in [2.45, 2.75) is 12.8 Å². The molecule has 5 heteroatoms. The Labute approximate surface area is 116 Å². The minimum atomic E-state index is -0.293. The van der Waals surface area contributed by atoms with E-state index in [4.69, 9.17) is 10.5 Å². The lowest BCUT2D eigenvalue weighted by Gasteiger charge is -2.08. The second-order valence-corrected chi connectivity index (χ2v) is 5.15. The molecule has 0 spiro atoms. The van der Waals surface area contributed by atoms with E-state index in [1.165, 1.54) is 0 Å². The molecule has 1 aliphatic rings. The molecule has 0 radical (unpaired) electrons. The lowest BCUT2D eigenvalue weighted by molar-refractivity contribution is -0.113. The van der Waals surface area contributed by atoms with Crippen molar-refractivity contribution >= 4 is 12.0 Å². The Morgan fingerprint density at radius 2 is 1.80 bits per heavy atom. The Bertz CT molecular complexity index is 604. The number of carbonyl (C=O) groups excluding carboxylic acids is 1. The average molecular weight is 269 g/mol. The monoisotopic (exact) mass is 269 g/mol. The molecule has 1 saturated carbocycles. The van der Waals surface area contributed by atoms with Crippen LogP contribution in [0.3, 0.4) is 0 Å². The van der Waals surface area contributed by atoms with Gasteiger partial charge in [0.25, 0.3) is 0 Å². The van der Waals surface area contributed by atoms with Gasteiger partial charge in [-0.25, -0.2) is 9.97 Å². The molecule has 3 rings (SSSR count). The quantitative estimate of drug-likeness (QED) is 0.664. The zero-order valence-corrected chi connectivity index (χ0v) is 11.0. The van der Waals surface area contributed by atoms with Crippen molar-refractivity contribution < 1.29 is 9.53 Å². The molecule has 2 aromatic rings. The Balaban J connectivity index is 1.68. The maximum absolute atomic E-state index is 10.8. The van der Waals surface area contributed by atoms with Crippen LogP contribution in [0, 0.1) is 5.41 Å². The number of anilines is 1. The fourth-order valence-electron chi connectivity index (χ4n) is 1.88. The van der Waals surface area contributed by atoms with Crippen molar-refractivity contribution in [3.8, 4) is 17.1 Å². The molecular weight excluding hydrogens is 254 g/mol. The zero-order chi connectivity index (χ0) is 14.0. The second kappa shape index (κ2) is 4.92. The van der Waals surface area contributed by atoms with E-state index in [9.17, 15) is 4.79 Å². The van der Waals surface area contributed by atoms with E-state index in [2.05, 4.69) is 9.97 Å². The third-order valence-electron chi connectivity index (χ3n) is 3.50. The van der Waals surface area contributed by atoms with Crippen LogP contribution in [0.4, 0.5) is 5.69 Å². The summed E-state index contributed by atoms with van der Waals surface area (Å²) in [7, 11) is 0. The molecule has 2 N–H and O–H groups in total. The number of hydrogen-bond donors (Lipinski definition) is 1. The van der Waals surface area contributed by atoms with Crippen LogP contribution < -0.4 is 10.5 Å². The summed E-state index contributed by atoms with van der Waals surface area (Å²) in [5, 5.41) is 0. The average Bonchev–Trinajstić information content (AvgIpc) is 3.27. The number of nitrogens with zero attached hydrogens (tertiary/aromatic N) is 2. The molecular formula is C15H15N3O2. The summed E-state index contributed by atoms with van der Waals surface area (Å²) in [5.41, 5.74) is 7.97. The molecule has 0 aliphatic heterocycles. The third kappa shape index (κ3) is 2.61. The Morgan fingerprint density at radius 1 is 1.15 bits per heavy atom. The number of aldehydes is 1. The molecule has 1 heterocycles. The Hall–Kier alpha value is -2.43. The van der Waals surface area contributed by atoms with E-state index < -0.39 is 0 Å². The lowest BCUT2D eigenvalue weighted by Crippen LogP contribution is -2.15. The molecule has 1 aliphatic carbocycles. The number of benzene rings is 1. The van der Waals surface area contributed by atoms with E-state index in [1.807, 2.05) is 24.3 Å². The van der Waals surface area contributed by atoms with Crippen LogP contribution in [0.15, 0.2) is 36.7 Å². The highest BCUT2D eigenvalue weighted by atomic mass is 16.5. The molecule has 0 unspecified atom stereocenters. The standard InChI is InChI=1S/C15H15N3O2/c16-13-3-1-11(2-4-13)12-7-17-14(18-8-12)20-10-15(9-19)5-6-15/h1-4,7-9H,5-6,10,16H2. The summed E-state index contributed by atoms with van der Waals surface area (Å²) in [6, 6.07) is 7.80. The topological polar surface area (TPSA) is 78.1 Å². The third-order valence-corrected chi connectivity index (χ3v) is 3.50. The number of rotatable bonds is 5. The Morgan fingerprint density at radius 3 is 2.35 bits per heavy atom. The van der Waals surface area contributed by atoms with E-state index in [1.54, 1.807) is 12.4 Å². The summed E-state index contributed by atoms with van der Waals surface area (Å²) in [6.07, 6.45) is 6.15. The van der Waals surface area contributed by atoms with Gasteiger partial charge in [0, 0.05) is 23.6 Å². The van der Waals surface area contributed by atoms with Crippen molar-refractivity contribution in [2.75, 3.05) is 12.3 Å². The molecule has 1 aromatic carbocycles. The van der Waals surface area contributed by atoms with Gasteiger partial charge in [0.2, 0.25) is 0 Å². The Kier molecular flexibility index (Phi) is 3.10. The van der Waals surface area contributed by atoms with Crippen LogP contribution in [0.5, 0.6) is 6.01 Å². The van der Waals surface area contributed by atoms with E-state index >= 15 is 0 Å². The first-order valence-corrected chi connectivity index (χ1v) is 6.48. The van der Waals surface area contributed by atoms with Gasteiger partial charge in [-0.05, 0) is 30.5 Å². The van der Waals surface area contributed by atoms with Gasteiger partial charge in [0.05, 0.1) is 5.41 Å². The molecule has 5 nitrogen and oxygen atoms in total. The summed E-state index contributed by atoms with van der Waals surface area (Å²) < 4.78 is 5.46. The summed E-state index contributed by atoms with van der Waals surface area (Å²) >= 11 is 0. The van der Waals surface area contributed by atoms with Gasteiger partial charge < -0.3 is 15.3 Å². The van der Waals surface area contributed by atoms with Crippen molar-refractivity contribution in [3.05, 3.63) is 36.7 Å². The lowest BCUT2D eigenvalue weighted by atomic mass is 10.1. The molecule has 0 saturated heterocycles. The minimum Gasteiger partial charge on any atom is -0.462 e. The number of ether oxygens (including phenoxy) is 1. The van der Waals surface area contributed by atoms with Gasteiger partial charge >= 0.3 is 6.01 Å². The highest BCUT2D eigenvalue weighted by Crippen LogP contribution is 2.43. The zero-order valence-electron chi connectivity index (χ0n) is 11.0. The molecule has 102 valence electrons. The minimum absolute atomic E-state index is 0.293. The molecule has 0 amide bonds. The van der Waals surface area contributed by atoms with Crippen LogP contribution >= 0.6 is 0 Å². The molecule has 0 atom stereocenters. The fourth-order valence-corrected chi connectivity index (χ4v) is 1.88. The summed E-state index contributed by atoms with van der Waals surface area (Å²) in [6.45, 7) is 0.359. The highest BCUT2D eigenvalue weighted by molar-refractivity contribution is 5.64. The van der Waals surface area contributed by atoms with Gasteiger partial charge in [0.15, 0.2) is 0 Å². The van der Waals surface area contributed by atoms with Gasteiger partial charge in [-0.3, -0.25) is 0 Å². The van der Waals surface area contributed by atoms with Gasteiger partial charge in [-0.1, -0.05) is 12.1 Å². The molecule has 20 heavy (non-hydrogen) atoms. The van der Waals surface area contributed by atoms with Gasteiger partial charge in [0.1, 0.15) is 12.9 Å². The predicted molar refractivity (Wildman–Crippen MR) is 75.1 cm³/mol. The van der Waals surface area contributed by atoms with E-state index in [0.717, 1.165) is 35.9 Å². The van der Waals surface area contributed by atoms with Crippen molar-refractivity contribution in [3.63, 3.8) is 0 Å². The van der Waals surface area contributed by atoms with Gasteiger partial charge in [-0.2, -0.15) is 0 Å². The molecule has 1 fully saturated rings. The van der Waals surface area contributed by atoms with Crippen molar-refractivity contribution in [1.29, 1.82) is 0 Å². The first-order valence-electron chi connectivity index (χ1n) is 6.48. The predicted octanol–water partition coefficient (Wildman–Crippen LogP) is 2.08. The maximum Gasteiger partial charge on any atom is 0.316 e. The first-order chi connectivity index (χ1) is 9.71.